The number of hydrogen-bond acceptors (Lipinski definition) is 8. The van der Waals surface area contributed by atoms with Crippen LogP contribution in [0.5, 0.6) is 5.75 Å². The summed E-state index contributed by atoms with van der Waals surface area (Å²) in [7, 11) is -3.71. The minimum Gasteiger partial charge on any atom is -0.387 e. The molecule has 1 atom stereocenters. The molecule has 3 aromatic rings. The van der Waals surface area contributed by atoms with Gasteiger partial charge >= 0.3 is 10.1 Å². The summed E-state index contributed by atoms with van der Waals surface area (Å²) in [4.78, 5) is 14.2. The lowest BCUT2D eigenvalue weighted by molar-refractivity contribution is 0.0846. The zero-order valence-electron chi connectivity index (χ0n) is 14.6. The van der Waals surface area contributed by atoms with Gasteiger partial charge in [-0.1, -0.05) is 22.8 Å². The molecule has 144 valence electrons. The van der Waals surface area contributed by atoms with Crippen LogP contribution < -0.4 is 4.18 Å². The van der Waals surface area contributed by atoms with Crippen LogP contribution in [-0.4, -0.2) is 30.4 Å². The van der Waals surface area contributed by atoms with E-state index in [0.717, 1.165) is 16.8 Å². The Morgan fingerprint density at radius 3 is 2.79 bits per heavy atom. The highest BCUT2D eigenvalue weighted by molar-refractivity contribution is 7.86. The van der Waals surface area contributed by atoms with E-state index in [1.165, 1.54) is 17.4 Å². The molecule has 1 aliphatic rings. The molecule has 0 saturated heterocycles. The lowest BCUT2D eigenvalue weighted by Crippen LogP contribution is -2.10. The molecule has 28 heavy (non-hydrogen) atoms. The number of halogens is 1. The molecule has 0 saturated carbocycles. The zero-order chi connectivity index (χ0) is 19.7. The number of nitrogens with zero attached hydrogens (tertiary/aromatic N) is 3. The van der Waals surface area contributed by atoms with Gasteiger partial charge in [-0.3, -0.25) is 4.98 Å². The second kappa shape index (κ2) is 7.50. The molecule has 2 aromatic heterocycles. The van der Waals surface area contributed by atoms with Gasteiger partial charge in [0.15, 0.2) is 11.9 Å². The normalized spacial score (nSPS) is 16.5. The largest absolute Gasteiger partial charge is 0.387 e. The Balaban J connectivity index is 1.58. The molecule has 1 unspecified atom stereocenters. The molecule has 0 radical (unpaired) electrons. The Hall–Kier alpha value is -2.49. The Labute approximate surface area is 170 Å². The summed E-state index contributed by atoms with van der Waals surface area (Å²) in [6.45, 7) is 0. The predicted octanol–water partition coefficient (Wildman–Crippen LogP) is 4.06. The molecule has 0 N–H and O–H groups in total. The van der Waals surface area contributed by atoms with Gasteiger partial charge in [0.1, 0.15) is 10.7 Å². The van der Waals surface area contributed by atoms with Crippen molar-refractivity contribution in [3.05, 3.63) is 64.4 Å². The van der Waals surface area contributed by atoms with Gasteiger partial charge < -0.3 is 9.02 Å². The fourth-order valence-electron chi connectivity index (χ4n) is 2.78. The van der Waals surface area contributed by atoms with E-state index in [0.29, 0.717) is 28.4 Å². The van der Waals surface area contributed by atoms with Crippen LogP contribution in [-0.2, 0) is 15.0 Å². The van der Waals surface area contributed by atoms with Crippen molar-refractivity contribution in [1.29, 1.82) is 0 Å². The Morgan fingerprint density at radius 1 is 1.25 bits per heavy atom. The van der Waals surface area contributed by atoms with Crippen LogP contribution in [0.1, 0.15) is 23.8 Å². The van der Waals surface area contributed by atoms with Gasteiger partial charge in [0.05, 0.1) is 22.5 Å². The SMILES string of the molecule is CS(=O)(=O)Oc1cccc(Cl)c1C1CC(c2csc(-c3ccncc3)n2)=NO1. The first kappa shape index (κ1) is 18.9. The summed E-state index contributed by atoms with van der Waals surface area (Å²) in [6, 6.07) is 8.57. The fraction of sp³-hybridized carbons (Fsp3) is 0.167. The van der Waals surface area contributed by atoms with E-state index >= 15 is 0 Å². The van der Waals surface area contributed by atoms with Crippen molar-refractivity contribution in [3.8, 4) is 16.3 Å². The summed E-state index contributed by atoms with van der Waals surface area (Å²) in [5, 5.41) is 7.23. The number of hydrogen-bond donors (Lipinski definition) is 0. The van der Waals surface area contributed by atoms with Crippen molar-refractivity contribution in [2.24, 2.45) is 5.16 Å². The Bertz CT molecular complexity index is 1150. The van der Waals surface area contributed by atoms with Crippen molar-refractivity contribution < 1.29 is 17.4 Å². The van der Waals surface area contributed by atoms with E-state index < -0.39 is 16.2 Å². The van der Waals surface area contributed by atoms with Crippen molar-refractivity contribution >= 4 is 38.8 Å². The molecular formula is C18H14ClN3O4S2. The first-order chi connectivity index (χ1) is 13.4. The molecule has 0 fully saturated rings. The van der Waals surface area contributed by atoms with E-state index in [1.54, 1.807) is 24.5 Å². The lowest BCUT2D eigenvalue weighted by atomic mass is 10.0. The minimum absolute atomic E-state index is 0.132. The van der Waals surface area contributed by atoms with Crippen LogP contribution in [0.3, 0.4) is 0 Å². The lowest BCUT2D eigenvalue weighted by Gasteiger charge is -2.15. The van der Waals surface area contributed by atoms with Gasteiger partial charge in [-0.25, -0.2) is 4.98 Å². The first-order valence-electron chi connectivity index (χ1n) is 8.17. The molecule has 1 aliphatic heterocycles. The second-order valence-electron chi connectivity index (χ2n) is 6.05. The summed E-state index contributed by atoms with van der Waals surface area (Å²) in [5.41, 5.74) is 2.78. The van der Waals surface area contributed by atoms with Crippen LogP contribution in [0, 0.1) is 0 Å². The van der Waals surface area contributed by atoms with Crippen LogP contribution >= 0.6 is 22.9 Å². The van der Waals surface area contributed by atoms with E-state index in [9.17, 15) is 8.42 Å². The average molecular weight is 436 g/mol. The summed E-state index contributed by atoms with van der Waals surface area (Å²) in [6.07, 6.45) is 4.23. The van der Waals surface area contributed by atoms with Crippen molar-refractivity contribution in [3.63, 3.8) is 0 Å². The van der Waals surface area contributed by atoms with Crippen LogP contribution in [0.25, 0.3) is 10.6 Å². The molecule has 0 spiro atoms. The summed E-state index contributed by atoms with van der Waals surface area (Å²) in [5.74, 6) is 0.132. The molecule has 10 heteroatoms. The number of aromatic nitrogens is 2. The number of benzene rings is 1. The zero-order valence-corrected chi connectivity index (χ0v) is 17.0. The topological polar surface area (TPSA) is 90.7 Å². The highest BCUT2D eigenvalue weighted by Gasteiger charge is 2.30. The van der Waals surface area contributed by atoms with Gasteiger partial charge in [-0.15, -0.1) is 11.3 Å². The summed E-state index contributed by atoms with van der Waals surface area (Å²) >= 11 is 7.79. The standard InChI is InChI=1S/C18H14ClN3O4S2/c1-28(23,24)26-15-4-2-3-12(19)17(15)16-9-13(22-25-16)14-10-27-18(21-14)11-5-7-20-8-6-11/h2-8,10,16H,9H2,1H3. The van der Waals surface area contributed by atoms with Gasteiger partial charge in [-0.2, -0.15) is 8.42 Å². The van der Waals surface area contributed by atoms with E-state index in [1.807, 2.05) is 17.5 Å². The average Bonchev–Trinajstić information content (AvgIpc) is 3.31. The maximum atomic E-state index is 11.6. The third-order valence-electron chi connectivity index (χ3n) is 3.97. The number of pyridine rings is 1. The first-order valence-corrected chi connectivity index (χ1v) is 11.2. The second-order valence-corrected chi connectivity index (χ2v) is 8.89. The number of thiazole rings is 1. The smallest absolute Gasteiger partial charge is 0.306 e. The Kier molecular flexibility index (Phi) is 5.05. The number of oxime groups is 1. The molecule has 4 rings (SSSR count). The maximum absolute atomic E-state index is 11.6. The molecule has 1 aromatic carbocycles. The predicted molar refractivity (Wildman–Crippen MR) is 107 cm³/mol. The molecular weight excluding hydrogens is 422 g/mol. The molecule has 0 aliphatic carbocycles. The highest BCUT2D eigenvalue weighted by Crippen LogP contribution is 2.40. The van der Waals surface area contributed by atoms with Gasteiger partial charge in [0.2, 0.25) is 0 Å². The van der Waals surface area contributed by atoms with Crippen LogP contribution in [0.4, 0.5) is 0 Å². The molecule has 0 bridgehead atoms. The van der Waals surface area contributed by atoms with Crippen molar-refractivity contribution in [2.75, 3.05) is 6.26 Å². The highest BCUT2D eigenvalue weighted by atomic mass is 35.5. The number of rotatable bonds is 5. The monoisotopic (exact) mass is 435 g/mol. The van der Waals surface area contributed by atoms with Crippen LogP contribution in [0.2, 0.25) is 5.02 Å². The van der Waals surface area contributed by atoms with E-state index in [-0.39, 0.29) is 5.75 Å². The molecule has 0 amide bonds. The Morgan fingerprint density at radius 2 is 2.04 bits per heavy atom. The van der Waals surface area contributed by atoms with Crippen LogP contribution in [0.15, 0.2) is 53.3 Å². The quantitative estimate of drug-likeness (QED) is 0.561. The van der Waals surface area contributed by atoms with Gasteiger partial charge in [0.25, 0.3) is 0 Å². The molecule has 7 nitrogen and oxygen atoms in total. The van der Waals surface area contributed by atoms with E-state index in [2.05, 4.69) is 15.1 Å². The third kappa shape index (κ3) is 4.01. The fourth-order valence-corrected chi connectivity index (χ4v) is 4.38. The maximum Gasteiger partial charge on any atom is 0.306 e. The third-order valence-corrected chi connectivity index (χ3v) is 5.68. The van der Waals surface area contributed by atoms with Gasteiger partial charge in [0, 0.05) is 29.8 Å². The molecule has 3 heterocycles. The van der Waals surface area contributed by atoms with Gasteiger partial charge in [-0.05, 0) is 24.3 Å². The van der Waals surface area contributed by atoms with E-state index in [4.69, 9.17) is 20.6 Å². The summed E-state index contributed by atoms with van der Waals surface area (Å²) < 4.78 is 28.2. The minimum atomic E-state index is -3.71. The van der Waals surface area contributed by atoms with Crippen molar-refractivity contribution in [2.45, 2.75) is 12.5 Å². The van der Waals surface area contributed by atoms with Crippen molar-refractivity contribution in [1.82, 2.24) is 9.97 Å².